The predicted octanol–water partition coefficient (Wildman–Crippen LogP) is 1.13. The first-order chi connectivity index (χ1) is 4.18. The topological polar surface area (TPSA) is 46.5 Å². The van der Waals surface area contributed by atoms with E-state index in [1.54, 1.807) is 0 Å². The van der Waals surface area contributed by atoms with Crippen LogP contribution in [0, 0.1) is 0 Å². The molecule has 0 saturated heterocycles. The zero-order valence-electron chi connectivity index (χ0n) is 5.13. The molecule has 0 atom stereocenters. The van der Waals surface area contributed by atoms with Crippen molar-refractivity contribution in [2.75, 3.05) is 0 Å². The quantitative estimate of drug-likeness (QED) is 0.458. The molecule has 0 fully saturated rings. The highest BCUT2D eigenvalue weighted by molar-refractivity contribution is 5.85. The van der Waals surface area contributed by atoms with Gasteiger partial charge < -0.3 is 9.84 Å². The fourth-order valence-corrected chi connectivity index (χ4v) is 0.201. The van der Waals surface area contributed by atoms with Crippen molar-refractivity contribution in [1.82, 2.24) is 0 Å². The molecule has 50 valence electrons. The van der Waals surface area contributed by atoms with Crippen molar-refractivity contribution in [3.63, 3.8) is 0 Å². The first-order valence-corrected chi connectivity index (χ1v) is 2.35. The Morgan fingerprint density at radius 3 is 2.67 bits per heavy atom. The van der Waals surface area contributed by atoms with Crippen molar-refractivity contribution in [3.05, 3.63) is 24.7 Å². The molecule has 0 aromatic carbocycles. The number of carbonyl (C=O) groups is 1. The molecule has 0 rings (SSSR count). The minimum Gasteiger partial charge on any atom is -0.478 e. The number of rotatable bonds is 3. The second-order valence-electron chi connectivity index (χ2n) is 1.41. The van der Waals surface area contributed by atoms with Crippen molar-refractivity contribution in [1.29, 1.82) is 0 Å². The number of hydrogen-bond donors (Lipinski definition) is 1. The number of hydrogen-bond acceptors (Lipinski definition) is 2. The monoisotopic (exact) mass is 128 g/mol. The standard InChI is InChI=1S/C6H8O3/c1-3-9-4-5(2)6(7)8/h3-4H,1H2,2H3,(H,7,8)/b5-4+. The third kappa shape index (κ3) is 3.34. The molecule has 0 saturated carbocycles. The normalized spacial score (nSPS) is 10.6. The lowest BCUT2D eigenvalue weighted by Gasteiger charge is -1.90. The molecule has 0 amide bonds. The third-order valence-corrected chi connectivity index (χ3v) is 0.678. The van der Waals surface area contributed by atoms with Crippen LogP contribution in [0.3, 0.4) is 0 Å². The van der Waals surface area contributed by atoms with Gasteiger partial charge in [-0.15, -0.1) is 0 Å². The van der Waals surface area contributed by atoms with E-state index in [1.165, 1.54) is 6.92 Å². The molecular formula is C6H8O3. The smallest absolute Gasteiger partial charge is 0.334 e. The lowest BCUT2D eigenvalue weighted by atomic mass is 10.4. The average Bonchev–Trinajstić information content (AvgIpc) is 1.82. The molecule has 0 unspecified atom stereocenters. The first-order valence-electron chi connectivity index (χ1n) is 2.35. The van der Waals surface area contributed by atoms with Gasteiger partial charge in [-0.05, 0) is 6.92 Å². The largest absolute Gasteiger partial charge is 0.478 e. The van der Waals surface area contributed by atoms with Gasteiger partial charge in [0, 0.05) is 0 Å². The average molecular weight is 128 g/mol. The third-order valence-electron chi connectivity index (χ3n) is 0.678. The molecule has 0 bridgehead atoms. The summed E-state index contributed by atoms with van der Waals surface area (Å²) in [5.41, 5.74) is 0.148. The Labute approximate surface area is 53.3 Å². The summed E-state index contributed by atoms with van der Waals surface area (Å²) < 4.78 is 4.48. The van der Waals surface area contributed by atoms with Crippen LogP contribution in [0.2, 0.25) is 0 Å². The Balaban J connectivity index is 3.83. The summed E-state index contributed by atoms with van der Waals surface area (Å²) in [4.78, 5) is 10.0. The maximum atomic E-state index is 10.0. The fourth-order valence-electron chi connectivity index (χ4n) is 0.201. The van der Waals surface area contributed by atoms with Crippen LogP contribution in [0.15, 0.2) is 24.7 Å². The Morgan fingerprint density at radius 2 is 2.33 bits per heavy atom. The zero-order valence-corrected chi connectivity index (χ0v) is 5.13. The number of ether oxygens (including phenoxy) is 1. The Kier molecular flexibility index (Phi) is 3.20. The van der Waals surface area contributed by atoms with Gasteiger partial charge in [0.1, 0.15) is 6.26 Å². The van der Waals surface area contributed by atoms with E-state index >= 15 is 0 Å². The summed E-state index contributed by atoms with van der Waals surface area (Å²) in [7, 11) is 0. The summed E-state index contributed by atoms with van der Waals surface area (Å²) >= 11 is 0. The molecular weight excluding hydrogens is 120 g/mol. The van der Waals surface area contributed by atoms with E-state index in [2.05, 4.69) is 11.3 Å². The van der Waals surface area contributed by atoms with E-state index in [4.69, 9.17) is 5.11 Å². The van der Waals surface area contributed by atoms with Crippen LogP contribution in [-0.2, 0) is 9.53 Å². The second kappa shape index (κ2) is 3.72. The van der Waals surface area contributed by atoms with E-state index in [9.17, 15) is 4.79 Å². The van der Waals surface area contributed by atoms with E-state index in [1.807, 2.05) is 0 Å². The Morgan fingerprint density at radius 1 is 1.78 bits per heavy atom. The van der Waals surface area contributed by atoms with Gasteiger partial charge >= 0.3 is 5.97 Å². The highest BCUT2D eigenvalue weighted by Crippen LogP contribution is 1.91. The summed E-state index contributed by atoms with van der Waals surface area (Å²) in [5.74, 6) is -0.989. The minimum atomic E-state index is -0.989. The van der Waals surface area contributed by atoms with Crippen LogP contribution in [0.25, 0.3) is 0 Å². The van der Waals surface area contributed by atoms with Crippen molar-refractivity contribution >= 4 is 5.97 Å². The van der Waals surface area contributed by atoms with Gasteiger partial charge in [-0.25, -0.2) is 4.79 Å². The first kappa shape index (κ1) is 7.75. The Bertz CT molecular complexity index is 146. The van der Waals surface area contributed by atoms with Crippen LogP contribution >= 0.6 is 0 Å². The predicted molar refractivity (Wildman–Crippen MR) is 32.7 cm³/mol. The van der Waals surface area contributed by atoms with E-state index in [-0.39, 0.29) is 5.57 Å². The molecule has 0 heterocycles. The van der Waals surface area contributed by atoms with Gasteiger partial charge in [-0.2, -0.15) is 0 Å². The number of aliphatic carboxylic acids is 1. The Hall–Kier alpha value is -1.25. The molecule has 0 aliphatic rings. The molecule has 0 aliphatic heterocycles. The van der Waals surface area contributed by atoms with Gasteiger partial charge in [-0.3, -0.25) is 0 Å². The lowest BCUT2D eigenvalue weighted by molar-refractivity contribution is -0.132. The maximum Gasteiger partial charge on any atom is 0.334 e. The maximum absolute atomic E-state index is 10.0. The molecule has 3 nitrogen and oxygen atoms in total. The van der Waals surface area contributed by atoms with E-state index in [0.29, 0.717) is 0 Å². The molecule has 0 aromatic heterocycles. The van der Waals surface area contributed by atoms with Crippen molar-refractivity contribution < 1.29 is 14.6 Å². The fraction of sp³-hybridized carbons (Fsp3) is 0.167. The molecule has 0 spiro atoms. The van der Waals surface area contributed by atoms with Crippen LogP contribution in [0.5, 0.6) is 0 Å². The molecule has 9 heavy (non-hydrogen) atoms. The molecule has 1 N–H and O–H groups in total. The minimum absolute atomic E-state index is 0.148. The van der Waals surface area contributed by atoms with Crippen LogP contribution in [-0.4, -0.2) is 11.1 Å². The van der Waals surface area contributed by atoms with Crippen molar-refractivity contribution in [3.8, 4) is 0 Å². The molecule has 0 aliphatic carbocycles. The van der Waals surface area contributed by atoms with Crippen molar-refractivity contribution in [2.24, 2.45) is 0 Å². The highest BCUT2D eigenvalue weighted by Gasteiger charge is 1.96. The van der Waals surface area contributed by atoms with Crippen molar-refractivity contribution in [2.45, 2.75) is 6.92 Å². The molecule has 0 radical (unpaired) electrons. The van der Waals surface area contributed by atoms with Gasteiger partial charge in [-0.1, -0.05) is 6.58 Å². The molecule has 3 heteroatoms. The second-order valence-corrected chi connectivity index (χ2v) is 1.41. The van der Waals surface area contributed by atoms with Gasteiger partial charge in [0.2, 0.25) is 0 Å². The lowest BCUT2D eigenvalue weighted by Crippen LogP contribution is -1.95. The van der Waals surface area contributed by atoms with E-state index < -0.39 is 5.97 Å². The highest BCUT2D eigenvalue weighted by atomic mass is 16.5. The summed E-state index contributed by atoms with van der Waals surface area (Å²) in [6.45, 7) is 4.67. The van der Waals surface area contributed by atoms with Crippen LogP contribution in [0.4, 0.5) is 0 Å². The van der Waals surface area contributed by atoms with Crippen LogP contribution < -0.4 is 0 Å². The summed E-state index contributed by atoms with van der Waals surface area (Å²) in [6, 6.07) is 0. The SMILES string of the molecule is C=CO/C=C(\C)C(=O)O. The summed E-state index contributed by atoms with van der Waals surface area (Å²) in [6.07, 6.45) is 2.28. The number of carboxylic acid groups (broad SMARTS) is 1. The van der Waals surface area contributed by atoms with Gasteiger partial charge in [0.05, 0.1) is 11.8 Å². The molecule has 0 aromatic rings. The van der Waals surface area contributed by atoms with Gasteiger partial charge in [0.15, 0.2) is 0 Å². The van der Waals surface area contributed by atoms with E-state index in [0.717, 1.165) is 12.5 Å². The summed E-state index contributed by atoms with van der Waals surface area (Å²) in [5, 5.41) is 8.23. The van der Waals surface area contributed by atoms with Crippen LogP contribution in [0.1, 0.15) is 6.92 Å². The zero-order chi connectivity index (χ0) is 7.28. The van der Waals surface area contributed by atoms with Gasteiger partial charge in [0.25, 0.3) is 0 Å². The number of carboxylic acids is 1.